The van der Waals surface area contributed by atoms with Crippen molar-refractivity contribution in [1.82, 2.24) is 5.32 Å². The van der Waals surface area contributed by atoms with Crippen LogP contribution in [-0.2, 0) is 19.4 Å². The molecule has 9 heteroatoms. The largest absolute Gasteiger partial charge is 0.449 e. The number of rotatable bonds is 6. The molecule has 1 N–H and O–H groups in total. The highest BCUT2D eigenvalue weighted by atomic mass is 32.2. The molecule has 2 atom stereocenters. The first-order chi connectivity index (χ1) is 13.6. The van der Waals surface area contributed by atoms with Crippen molar-refractivity contribution in [1.29, 1.82) is 0 Å². The third-order valence-electron chi connectivity index (χ3n) is 4.61. The Morgan fingerprint density at radius 3 is 2.41 bits per heavy atom. The van der Waals surface area contributed by atoms with Crippen LogP contribution in [0, 0.1) is 0 Å². The molecule has 1 aliphatic rings. The molecule has 3 rings (SSSR count). The SMILES string of the molecule is CC(=O)c1ccc(-c2ccc(C(=O)O[C@@H](C)C(=O)N[C@@H]3CCS(=O)(=O)C3)o2)cc1. The minimum Gasteiger partial charge on any atom is -0.449 e. The maximum atomic E-state index is 12.3. The molecule has 0 saturated carbocycles. The lowest BCUT2D eigenvalue weighted by molar-refractivity contribution is -0.129. The first kappa shape index (κ1) is 20.8. The van der Waals surface area contributed by atoms with Gasteiger partial charge in [-0.25, -0.2) is 13.2 Å². The molecule has 1 amide bonds. The van der Waals surface area contributed by atoms with E-state index in [0.29, 0.717) is 23.3 Å². The Morgan fingerprint density at radius 2 is 1.83 bits per heavy atom. The molecule has 2 aromatic rings. The molecule has 29 heavy (non-hydrogen) atoms. The van der Waals surface area contributed by atoms with Gasteiger partial charge in [0.2, 0.25) is 5.76 Å². The van der Waals surface area contributed by atoms with Crippen molar-refractivity contribution in [3.05, 3.63) is 47.7 Å². The van der Waals surface area contributed by atoms with Gasteiger partial charge in [0.05, 0.1) is 11.5 Å². The number of ether oxygens (including phenoxy) is 1. The summed E-state index contributed by atoms with van der Waals surface area (Å²) in [4.78, 5) is 35.7. The average Bonchev–Trinajstić information content (AvgIpc) is 3.28. The van der Waals surface area contributed by atoms with Crippen molar-refractivity contribution in [2.24, 2.45) is 0 Å². The lowest BCUT2D eigenvalue weighted by Gasteiger charge is -2.16. The second kappa shape index (κ2) is 8.20. The fraction of sp³-hybridized carbons (Fsp3) is 0.350. The van der Waals surface area contributed by atoms with Crippen LogP contribution in [0.1, 0.15) is 41.2 Å². The number of carbonyl (C=O) groups excluding carboxylic acids is 3. The zero-order chi connectivity index (χ0) is 21.2. The summed E-state index contributed by atoms with van der Waals surface area (Å²) in [5.41, 5.74) is 1.25. The van der Waals surface area contributed by atoms with Gasteiger partial charge in [-0.15, -0.1) is 0 Å². The lowest BCUT2D eigenvalue weighted by atomic mass is 10.1. The first-order valence-electron chi connectivity index (χ1n) is 9.07. The number of furan rings is 1. The summed E-state index contributed by atoms with van der Waals surface area (Å²) in [6.07, 6.45) is -0.757. The molecule has 0 aliphatic carbocycles. The molecule has 2 heterocycles. The zero-order valence-electron chi connectivity index (χ0n) is 16.0. The summed E-state index contributed by atoms with van der Waals surface area (Å²) in [5.74, 6) is -1.15. The van der Waals surface area contributed by atoms with E-state index in [2.05, 4.69) is 5.32 Å². The molecule has 0 bridgehead atoms. The van der Waals surface area contributed by atoms with Gasteiger partial charge in [0, 0.05) is 17.2 Å². The summed E-state index contributed by atoms with van der Waals surface area (Å²) < 4.78 is 33.5. The van der Waals surface area contributed by atoms with Gasteiger partial charge in [0.1, 0.15) is 5.76 Å². The van der Waals surface area contributed by atoms with Crippen molar-refractivity contribution in [3.63, 3.8) is 0 Å². The van der Waals surface area contributed by atoms with Crippen molar-refractivity contribution in [3.8, 4) is 11.3 Å². The van der Waals surface area contributed by atoms with Crippen LogP contribution in [-0.4, -0.2) is 49.7 Å². The molecule has 0 radical (unpaired) electrons. The van der Waals surface area contributed by atoms with E-state index in [1.54, 1.807) is 30.3 Å². The van der Waals surface area contributed by atoms with E-state index in [1.165, 1.54) is 19.9 Å². The van der Waals surface area contributed by atoms with E-state index >= 15 is 0 Å². The molecular formula is C20H21NO7S. The van der Waals surface area contributed by atoms with Crippen LogP contribution in [0.25, 0.3) is 11.3 Å². The molecule has 0 spiro atoms. The fourth-order valence-electron chi connectivity index (χ4n) is 2.97. The summed E-state index contributed by atoms with van der Waals surface area (Å²) >= 11 is 0. The molecule has 8 nitrogen and oxygen atoms in total. The van der Waals surface area contributed by atoms with Crippen LogP contribution >= 0.6 is 0 Å². The Hall–Kier alpha value is -2.94. The Morgan fingerprint density at radius 1 is 1.14 bits per heavy atom. The van der Waals surface area contributed by atoms with E-state index in [0.717, 1.165) is 0 Å². The molecule has 1 aromatic heterocycles. The molecule has 1 aliphatic heterocycles. The monoisotopic (exact) mass is 419 g/mol. The van der Waals surface area contributed by atoms with Crippen molar-refractivity contribution in [2.75, 3.05) is 11.5 Å². The minimum atomic E-state index is -3.12. The molecule has 1 aromatic carbocycles. The number of Topliss-reactive ketones (excluding diaryl/α,β-unsaturated/α-hetero) is 1. The van der Waals surface area contributed by atoms with E-state index in [9.17, 15) is 22.8 Å². The molecule has 1 fully saturated rings. The van der Waals surface area contributed by atoms with Crippen LogP contribution < -0.4 is 5.32 Å². The minimum absolute atomic E-state index is 0.0364. The average molecular weight is 419 g/mol. The highest BCUT2D eigenvalue weighted by Gasteiger charge is 2.31. The Kier molecular flexibility index (Phi) is 5.88. The number of amides is 1. The summed E-state index contributed by atoms with van der Waals surface area (Å²) in [5, 5.41) is 2.58. The predicted molar refractivity (Wildman–Crippen MR) is 104 cm³/mol. The summed E-state index contributed by atoms with van der Waals surface area (Å²) in [7, 11) is -3.12. The van der Waals surface area contributed by atoms with Crippen LogP contribution in [0.15, 0.2) is 40.8 Å². The normalized spacial score (nSPS) is 18.8. The van der Waals surface area contributed by atoms with Gasteiger partial charge in [-0.1, -0.05) is 24.3 Å². The first-order valence-corrected chi connectivity index (χ1v) is 10.9. The number of hydrogen-bond donors (Lipinski definition) is 1. The van der Waals surface area contributed by atoms with Gasteiger partial charge in [-0.3, -0.25) is 9.59 Å². The number of benzene rings is 1. The number of carbonyl (C=O) groups is 3. The topological polar surface area (TPSA) is 120 Å². The molecular weight excluding hydrogens is 398 g/mol. The zero-order valence-corrected chi connectivity index (χ0v) is 16.8. The van der Waals surface area contributed by atoms with Gasteiger partial charge >= 0.3 is 5.97 Å². The van der Waals surface area contributed by atoms with Crippen molar-refractivity contribution < 1.29 is 32.0 Å². The molecule has 154 valence electrons. The second-order valence-corrected chi connectivity index (χ2v) is 9.18. The molecule has 1 saturated heterocycles. The van der Waals surface area contributed by atoms with E-state index in [1.807, 2.05) is 0 Å². The van der Waals surface area contributed by atoms with Crippen LogP contribution in [0.5, 0.6) is 0 Å². The van der Waals surface area contributed by atoms with Crippen molar-refractivity contribution in [2.45, 2.75) is 32.4 Å². The number of ketones is 1. The predicted octanol–water partition coefficient (Wildman–Crippen LogP) is 2.00. The Balaban J connectivity index is 1.59. The molecule has 0 unspecified atom stereocenters. The van der Waals surface area contributed by atoms with Gasteiger partial charge in [0.15, 0.2) is 21.7 Å². The van der Waals surface area contributed by atoms with Gasteiger partial charge in [0.25, 0.3) is 5.91 Å². The third kappa shape index (κ3) is 5.11. The fourth-order valence-corrected chi connectivity index (χ4v) is 4.64. The van der Waals surface area contributed by atoms with Crippen molar-refractivity contribution >= 4 is 27.5 Å². The standard InChI is InChI=1S/C20H21NO7S/c1-12(22)14-3-5-15(6-4-14)17-7-8-18(28-17)20(24)27-13(2)19(23)21-16-9-10-29(25,26)11-16/h3-8,13,16H,9-11H2,1-2H3,(H,21,23)/t13-,16+/m0/s1. The van der Waals surface area contributed by atoms with E-state index in [4.69, 9.17) is 9.15 Å². The third-order valence-corrected chi connectivity index (χ3v) is 6.38. The number of hydrogen-bond acceptors (Lipinski definition) is 7. The Labute approximate surface area is 168 Å². The lowest BCUT2D eigenvalue weighted by Crippen LogP contribution is -2.42. The summed E-state index contributed by atoms with van der Waals surface area (Å²) in [6, 6.07) is 9.29. The van der Waals surface area contributed by atoms with Crippen LogP contribution in [0.3, 0.4) is 0 Å². The van der Waals surface area contributed by atoms with Crippen LogP contribution in [0.4, 0.5) is 0 Å². The number of nitrogens with one attached hydrogen (secondary N) is 1. The van der Waals surface area contributed by atoms with E-state index in [-0.39, 0.29) is 23.0 Å². The quantitative estimate of drug-likeness (QED) is 0.562. The van der Waals surface area contributed by atoms with Gasteiger partial charge in [-0.2, -0.15) is 0 Å². The maximum Gasteiger partial charge on any atom is 0.375 e. The number of esters is 1. The van der Waals surface area contributed by atoms with Gasteiger partial charge < -0.3 is 14.5 Å². The van der Waals surface area contributed by atoms with E-state index < -0.39 is 33.9 Å². The second-order valence-electron chi connectivity index (χ2n) is 6.95. The maximum absolute atomic E-state index is 12.3. The highest BCUT2D eigenvalue weighted by Crippen LogP contribution is 2.23. The van der Waals surface area contributed by atoms with Crippen LogP contribution in [0.2, 0.25) is 0 Å². The summed E-state index contributed by atoms with van der Waals surface area (Å²) in [6.45, 7) is 2.87. The Bertz CT molecular complexity index is 1040. The van der Waals surface area contributed by atoms with Gasteiger partial charge in [-0.05, 0) is 32.4 Å². The highest BCUT2D eigenvalue weighted by molar-refractivity contribution is 7.91. The smallest absolute Gasteiger partial charge is 0.375 e. The number of sulfone groups is 1.